The first-order chi connectivity index (χ1) is 13.8. The van der Waals surface area contributed by atoms with Crippen LogP contribution in [0.1, 0.15) is 40.6 Å². The zero-order valence-corrected chi connectivity index (χ0v) is 17.2. The van der Waals surface area contributed by atoms with E-state index in [1.807, 2.05) is 37.3 Å². The molecule has 1 heterocycles. The minimum absolute atomic E-state index is 0.267. The van der Waals surface area contributed by atoms with Crippen LogP contribution in [0.3, 0.4) is 0 Å². The molecule has 1 aliphatic rings. The van der Waals surface area contributed by atoms with Crippen molar-refractivity contribution >= 4 is 34.1 Å². The van der Waals surface area contributed by atoms with Crippen molar-refractivity contribution in [1.29, 1.82) is 0 Å². The number of carbonyl (C=O) groups is 3. The van der Waals surface area contributed by atoms with Gasteiger partial charge < -0.3 is 16.2 Å². The van der Waals surface area contributed by atoms with Crippen molar-refractivity contribution < 1.29 is 19.5 Å². The minimum Gasteiger partial charge on any atom is -0.481 e. The zero-order valence-electron chi connectivity index (χ0n) is 16.4. The number of allylic oxidation sites excluding steroid dienone is 2. The SMILES string of the molecule is CCc1ccc(-c2c(C)sc(NC(=O)[C@H]3CC=CC[C@H]3C(=O)O)c2C(N)=O)cc1. The molecule has 7 heteroatoms. The number of thiophene rings is 1. The average Bonchev–Trinajstić information content (AvgIpc) is 3.03. The maximum atomic E-state index is 12.8. The second-order valence-corrected chi connectivity index (χ2v) is 8.36. The highest BCUT2D eigenvalue weighted by Crippen LogP contribution is 2.40. The van der Waals surface area contributed by atoms with E-state index in [1.54, 1.807) is 6.08 Å². The van der Waals surface area contributed by atoms with Gasteiger partial charge in [-0.05, 0) is 37.3 Å². The first kappa shape index (κ1) is 20.8. The van der Waals surface area contributed by atoms with Gasteiger partial charge in [0.1, 0.15) is 5.00 Å². The van der Waals surface area contributed by atoms with E-state index in [1.165, 1.54) is 16.9 Å². The van der Waals surface area contributed by atoms with E-state index in [4.69, 9.17) is 5.73 Å². The molecule has 2 atom stereocenters. The monoisotopic (exact) mass is 412 g/mol. The summed E-state index contributed by atoms with van der Waals surface area (Å²) in [6.45, 7) is 3.94. The van der Waals surface area contributed by atoms with Gasteiger partial charge in [0.2, 0.25) is 5.91 Å². The fourth-order valence-corrected chi connectivity index (χ4v) is 4.79. The van der Waals surface area contributed by atoms with E-state index in [-0.39, 0.29) is 5.56 Å². The number of rotatable bonds is 6. The molecule has 4 N–H and O–H groups in total. The molecule has 2 amide bonds. The Hall–Kier alpha value is -2.93. The predicted molar refractivity (Wildman–Crippen MR) is 114 cm³/mol. The van der Waals surface area contributed by atoms with E-state index in [2.05, 4.69) is 12.2 Å². The van der Waals surface area contributed by atoms with Gasteiger partial charge in [0.15, 0.2) is 0 Å². The Kier molecular flexibility index (Phi) is 6.17. The summed E-state index contributed by atoms with van der Waals surface area (Å²) in [5.74, 6) is -3.49. The number of carboxylic acid groups (broad SMARTS) is 1. The third-order valence-electron chi connectivity index (χ3n) is 5.30. The highest BCUT2D eigenvalue weighted by Gasteiger charge is 2.35. The molecule has 29 heavy (non-hydrogen) atoms. The van der Waals surface area contributed by atoms with Crippen LogP contribution in [-0.4, -0.2) is 22.9 Å². The summed E-state index contributed by atoms with van der Waals surface area (Å²) in [6, 6.07) is 7.89. The summed E-state index contributed by atoms with van der Waals surface area (Å²) in [4.78, 5) is 37.5. The van der Waals surface area contributed by atoms with Gasteiger partial charge in [-0.3, -0.25) is 14.4 Å². The lowest BCUT2D eigenvalue weighted by atomic mass is 9.82. The largest absolute Gasteiger partial charge is 0.481 e. The number of nitrogens with two attached hydrogens (primary N) is 1. The van der Waals surface area contributed by atoms with Crippen LogP contribution >= 0.6 is 11.3 Å². The molecule has 0 fully saturated rings. The van der Waals surface area contributed by atoms with Gasteiger partial charge in [0.05, 0.1) is 17.4 Å². The van der Waals surface area contributed by atoms with Crippen LogP contribution in [0.25, 0.3) is 11.1 Å². The molecule has 2 aromatic rings. The van der Waals surface area contributed by atoms with Crippen molar-refractivity contribution in [2.45, 2.75) is 33.1 Å². The molecule has 0 aliphatic heterocycles. The molecule has 152 valence electrons. The lowest BCUT2D eigenvalue weighted by Gasteiger charge is -2.24. The number of nitrogens with one attached hydrogen (secondary N) is 1. The number of hydrogen-bond donors (Lipinski definition) is 3. The van der Waals surface area contributed by atoms with Crippen molar-refractivity contribution in [1.82, 2.24) is 0 Å². The molecule has 1 aromatic heterocycles. The number of aliphatic carboxylic acids is 1. The Balaban J connectivity index is 1.95. The van der Waals surface area contributed by atoms with Gasteiger partial charge >= 0.3 is 5.97 Å². The summed E-state index contributed by atoms with van der Waals surface area (Å²) >= 11 is 1.28. The molecule has 0 unspecified atom stereocenters. The molecule has 1 aliphatic carbocycles. The van der Waals surface area contributed by atoms with Gasteiger partial charge in [-0.25, -0.2) is 0 Å². The Morgan fingerprint density at radius 3 is 2.31 bits per heavy atom. The van der Waals surface area contributed by atoms with Gasteiger partial charge in [-0.15, -0.1) is 11.3 Å². The Bertz CT molecular complexity index is 975. The third kappa shape index (κ3) is 4.24. The maximum Gasteiger partial charge on any atom is 0.307 e. The topological polar surface area (TPSA) is 109 Å². The van der Waals surface area contributed by atoms with Crippen molar-refractivity contribution in [3.05, 3.63) is 52.4 Å². The van der Waals surface area contributed by atoms with E-state index < -0.39 is 29.6 Å². The van der Waals surface area contributed by atoms with E-state index in [0.717, 1.165) is 16.9 Å². The number of carbonyl (C=O) groups excluding carboxylic acids is 2. The van der Waals surface area contributed by atoms with Crippen LogP contribution in [0.4, 0.5) is 5.00 Å². The number of hydrogen-bond acceptors (Lipinski definition) is 4. The number of benzene rings is 1. The van der Waals surface area contributed by atoms with Crippen LogP contribution in [0, 0.1) is 18.8 Å². The van der Waals surface area contributed by atoms with Gasteiger partial charge in [0.25, 0.3) is 5.91 Å². The van der Waals surface area contributed by atoms with Gasteiger partial charge in [-0.1, -0.05) is 43.3 Å². The summed E-state index contributed by atoms with van der Waals surface area (Å²) in [5, 5.41) is 12.6. The Morgan fingerprint density at radius 1 is 1.14 bits per heavy atom. The zero-order chi connectivity index (χ0) is 21.1. The van der Waals surface area contributed by atoms with Crippen molar-refractivity contribution in [3.63, 3.8) is 0 Å². The second-order valence-electron chi connectivity index (χ2n) is 7.14. The number of anilines is 1. The highest BCUT2D eigenvalue weighted by atomic mass is 32.1. The first-order valence-corrected chi connectivity index (χ1v) is 10.4. The fourth-order valence-electron chi connectivity index (χ4n) is 3.70. The van der Waals surface area contributed by atoms with Crippen LogP contribution in [0.2, 0.25) is 0 Å². The molecule has 0 spiro atoms. The summed E-state index contributed by atoms with van der Waals surface area (Å²) in [7, 11) is 0. The first-order valence-electron chi connectivity index (χ1n) is 9.54. The molecule has 1 aromatic carbocycles. The lowest BCUT2D eigenvalue weighted by molar-refractivity contribution is -0.146. The van der Waals surface area contributed by atoms with Crippen molar-refractivity contribution in [2.24, 2.45) is 17.6 Å². The molecule has 6 nitrogen and oxygen atoms in total. The average molecular weight is 413 g/mol. The summed E-state index contributed by atoms with van der Waals surface area (Å²) in [6.07, 6.45) is 5.18. The molecule has 0 saturated heterocycles. The second kappa shape index (κ2) is 8.61. The molecule has 3 rings (SSSR count). The number of amides is 2. The molecule has 0 saturated carbocycles. The van der Waals surface area contributed by atoms with Gasteiger partial charge in [-0.2, -0.15) is 0 Å². The van der Waals surface area contributed by atoms with Crippen LogP contribution in [0.5, 0.6) is 0 Å². The van der Waals surface area contributed by atoms with Crippen molar-refractivity contribution in [2.75, 3.05) is 5.32 Å². The molecular formula is C22H24N2O4S. The third-order valence-corrected chi connectivity index (χ3v) is 6.33. The van der Waals surface area contributed by atoms with E-state index >= 15 is 0 Å². The van der Waals surface area contributed by atoms with Crippen LogP contribution < -0.4 is 11.1 Å². The number of aryl methyl sites for hydroxylation is 2. The molecule has 0 radical (unpaired) electrons. The maximum absolute atomic E-state index is 12.8. The van der Waals surface area contributed by atoms with Gasteiger partial charge in [0, 0.05) is 10.4 Å². The number of primary amides is 1. The van der Waals surface area contributed by atoms with E-state index in [0.29, 0.717) is 23.4 Å². The van der Waals surface area contributed by atoms with E-state index in [9.17, 15) is 19.5 Å². The highest BCUT2D eigenvalue weighted by molar-refractivity contribution is 7.17. The minimum atomic E-state index is -0.997. The Labute approximate surface area is 173 Å². The number of carboxylic acids is 1. The normalized spacial score (nSPS) is 18.4. The lowest BCUT2D eigenvalue weighted by Crippen LogP contribution is -2.35. The smallest absolute Gasteiger partial charge is 0.307 e. The molecular weight excluding hydrogens is 388 g/mol. The van der Waals surface area contributed by atoms with Crippen LogP contribution in [0.15, 0.2) is 36.4 Å². The fraction of sp³-hybridized carbons (Fsp3) is 0.318. The van der Waals surface area contributed by atoms with Crippen LogP contribution in [-0.2, 0) is 16.0 Å². The quantitative estimate of drug-likeness (QED) is 0.623. The molecule has 0 bridgehead atoms. The summed E-state index contributed by atoms with van der Waals surface area (Å²) < 4.78 is 0. The standard InChI is InChI=1S/C22H24N2O4S/c1-3-13-8-10-14(11-9-13)17-12(2)29-21(18(17)19(23)25)24-20(26)15-6-4-5-7-16(15)22(27)28/h4-5,8-11,15-16H,3,6-7H2,1-2H3,(H2,23,25)(H,24,26)(H,27,28)/t15-,16+/m0/s1. The van der Waals surface area contributed by atoms with Crippen molar-refractivity contribution in [3.8, 4) is 11.1 Å². The predicted octanol–water partition coefficient (Wildman–Crippen LogP) is 3.99. The summed E-state index contributed by atoms with van der Waals surface area (Å²) in [5.41, 5.74) is 8.67. The Morgan fingerprint density at radius 2 is 1.76 bits per heavy atom.